The largest absolute Gasteiger partial charge is 0.490 e. The Hall–Kier alpha value is -1.27. The van der Waals surface area contributed by atoms with E-state index in [1.54, 1.807) is 24.3 Å². The first kappa shape index (κ1) is 14.1. The van der Waals surface area contributed by atoms with Gasteiger partial charge in [-0.15, -0.1) is 0 Å². The molecule has 0 radical (unpaired) electrons. The Bertz CT molecular complexity index is 505. The van der Waals surface area contributed by atoms with E-state index >= 15 is 0 Å². The predicted octanol–water partition coefficient (Wildman–Crippen LogP) is 1.53. The lowest BCUT2D eigenvalue weighted by molar-refractivity contribution is 0.114. The molecule has 1 fully saturated rings. The minimum Gasteiger partial charge on any atom is -0.490 e. The van der Waals surface area contributed by atoms with Crippen molar-refractivity contribution in [1.29, 1.82) is 0 Å². The van der Waals surface area contributed by atoms with Crippen molar-refractivity contribution in [2.24, 2.45) is 0 Å². The molecule has 0 aliphatic carbocycles. The number of ether oxygens (including phenoxy) is 1. The van der Waals surface area contributed by atoms with Gasteiger partial charge in [0.2, 0.25) is 10.0 Å². The summed E-state index contributed by atoms with van der Waals surface area (Å²) >= 11 is 0. The van der Waals surface area contributed by atoms with Gasteiger partial charge in [-0.3, -0.25) is 4.72 Å². The number of benzene rings is 1. The van der Waals surface area contributed by atoms with Crippen LogP contribution in [-0.4, -0.2) is 45.8 Å². The highest BCUT2D eigenvalue weighted by Crippen LogP contribution is 2.21. The quantitative estimate of drug-likeness (QED) is 0.911. The van der Waals surface area contributed by atoms with Crippen molar-refractivity contribution in [3.8, 4) is 5.75 Å². The fourth-order valence-corrected chi connectivity index (χ4v) is 2.68. The summed E-state index contributed by atoms with van der Waals surface area (Å²) in [5, 5.41) is 0. The number of anilines is 1. The Morgan fingerprint density at radius 2 is 1.79 bits per heavy atom. The van der Waals surface area contributed by atoms with Gasteiger partial charge < -0.3 is 9.64 Å². The Balaban J connectivity index is 1.92. The van der Waals surface area contributed by atoms with E-state index in [1.807, 2.05) is 0 Å². The van der Waals surface area contributed by atoms with E-state index in [2.05, 4.69) is 16.7 Å². The summed E-state index contributed by atoms with van der Waals surface area (Å²) in [5.41, 5.74) is 0.554. The first-order chi connectivity index (χ1) is 8.92. The molecule has 0 amide bonds. The highest BCUT2D eigenvalue weighted by Gasteiger charge is 2.17. The van der Waals surface area contributed by atoms with Gasteiger partial charge in [-0.2, -0.15) is 0 Å². The van der Waals surface area contributed by atoms with Gasteiger partial charge in [0.1, 0.15) is 11.9 Å². The van der Waals surface area contributed by atoms with Crippen LogP contribution in [0.4, 0.5) is 5.69 Å². The molecule has 6 heteroatoms. The van der Waals surface area contributed by atoms with Crippen molar-refractivity contribution in [2.75, 3.05) is 31.1 Å². The summed E-state index contributed by atoms with van der Waals surface area (Å²) < 4.78 is 30.5. The third kappa shape index (κ3) is 4.72. The molecule has 0 atom stereocenters. The highest BCUT2D eigenvalue weighted by molar-refractivity contribution is 7.92. The van der Waals surface area contributed by atoms with E-state index in [0.29, 0.717) is 5.69 Å². The van der Waals surface area contributed by atoms with Crippen LogP contribution in [0.15, 0.2) is 24.3 Å². The van der Waals surface area contributed by atoms with Gasteiger partial charge in [0, 0.05) is 18.8 Å². The smallest absolute Gasteiger partial charge is 0.229 e. The summed E-state index contributed by atoms with van der Waals surface area (Å²) in [7, 11) is -1.11. The van der Waals surface area contributed by atoms with Gasteiger partial charge in [0.05, 0.1) is 6.26 Å². The predicted molar refractivity (Wildman–Crippen MR) is 76.1 cm³/mol. The number of sulfonamides is 1. The van der Waals surface area contributed by atoms with Gasteiger partial charge >= 0.3 is 0 Å². The molecule has 1 aromatic carbocycles. The summed E-state index contributed by atoms with van der Waals surface area (Å²) in [4.78, 5) is 2.29. The van der Waals surface area contributed by atoms with E-state index in [1.165, 1.54) is 0 Å². The maximum Gasteiger partial charge on any atom is 0.229 e. The van der Waals surface area contributed by atoms with Crippen molar-refractivity contribution >= 4 is 15.7 Å². The van der Waals surface area contributed by atoms with E-state index in [4.69, 9.17) is 4.74 Å². The van der Waals surface area contributed by atoms with E-state index in [-0.39, 0.29) is 6.10 Å². The fourth-order valence-electron chi connectivity index (χ4n) is 2.11. The maximum absolute atomic E-state index is 11.1. The summed E-state index contributed by atoms with van der Waals surface area (Å²) in [6, 6.07) is 7.02. The first-order valence-corrected chi connectivity index (χ1v) is 8.24. The zero-order valence-corrected chi connectivity index (χ0v) is 12.1. The van der Waals surface area contributed by atoms with Gasteiger partial charge in [-0.1, -0.05) is 0 Å². The summed E-state index contributed by atoms with van der Waals surface area (Å²) in [6.07, 6.45) is 3.44. The number of rotatable bonds is 4. The summed E-state index contributed by atoms with van der Waals surface area (Å²) in [5.74, 6) is 0.786. The molecule has 0 unspecified atom stereocenters. The molecule has 0 saturated carbocycles. The lowest BCUT2D eigenvalue weighted by Crippen LogP contribution is -2.35. The second-order valence-corrected chi connectivity index (χ2v) is 6.77. The SMILES string of the molecule is CN1CCC(Oc2ccc(NS(C)(=O)=O)cc2)CC1. The molecule has 1 saturated heterocycles. The molecule has 1 aromatic rings. The Kier molecular flexibility index (Phi) is 4.31. The number of piperidine rings is 1. The van der Waals surface area contributed by atoms with Gasteiger partial charge in [-0.05, 0) is 44.2 Å². The molecule has 2 rings (SSSR count). The molecule has 0 spiro atoms. The lowest BCUT2D eigenvalue weighted by Gasteiger charge is -2.29. The topological polar surface area (TPSA) is 58.6 Å². The zero-order valence-electron chi connectivity index (χ0n) is 11.3. The third-order valence-corrected chi connectivity index (χ3v) is 3.73. The molecular weight excluding hydrogens is 264 g/mol. The molecule has 106 valence electrons. The zero-order chi connectivity index (χ0) is 13.9. The second-order valence-electron chi connectivity index (χ2n) is 5.02. The molecule has 1 aliphatic rings. The standard InChI is InChI=1S/C13H20N2O3S/c1-15-9-7-13(8-10-15)18-12-5-3-11(4-6-12)14-19(2,16)17/h3-6,13-14H,7-10H2,1-2H3. The summed E-state index contributed by atoms with van der Waals surface area (Å²) in [6.45, 7) is 2.11. The molecule has 0 aromatic heterocycles. The molecule has 19 heavy (non-hydrogen) atoms. The Labute approximate surface area is 114 Å². The number of nitrogens with zero attached hydrogens (tertiary/aromatic N) is 1. The van der Waals surface area contributed by atoms with Gasteiger partial charge in [-0.25, -0.2) is 8.42 Å². The third-order valence-electron chi connectivity index (χ3n) is 3.13. The average molecular weight is 284 g/mol. The molecule has 1 heterocycles. The van der Waals surface area contributed by atoms with Crippen LogP contribution in [0, 0.1) is 0 Å². The van der Waals surface area contributed by atoms with Crippen LogP contribution in [0.5, 0.6) is 5.75 Å². The van der Waals surface area contributed by atoms with Crippen LogP contribution in [0.1, 0.15) is 12.8 Å². The molecular formula is C13H20N2O3S. The minimum atomic E-state index is -3.22. The second kappa shape index (κ2) is 5.79. The van der Waals surface area contributed by atoms with Crippen LogP contribution in [-0.2, 0) is 10.0 Å². The normalized spacial score (nSPS) is 18.2. The number of hydrogen-bond donors (Lipinski definition) is 1. The fraction of sp³-hybridized carbons (Fsp3) is 0.538. The van der Waals surface area contributed by atoms with Crippen molar-refractivity contribution in [2.45, 2.75) is 18.9 Å². The monoisotopic (exact) mass is 284 g/mol. The van der Waals surface area contributed by atoms with Crippen LogP contribution in [0.25, 0.3) is 0 Å². The number of hydrogen-bond acceptors (Lipinski definition) is 4. The van der Waals surface area contributed by atoms with Crippen molar-refractivity contribution in [3.63, 3.8) is 0 Å². The van der Waals surface area contributed by atoms with Crippen LogP contribution >= 0.6 is 0 Å². The van der Waals surface area contributed by atoms with Crippen molar-refractivity contribution in [1.82, 2.24) is 4.90 Å². The van der Waals surface area contributed by atoms with Gasteiger partial charge in [0.15, 0.2) is 0 Å². The maximum atomic E-state index is 11.1. The van der Waals surface area contributed by atoms with Crippen LogP contribution in [0.2, 0.25) is 0 Å². The van der Waals surface area contributed by atoms with Crippen LogP contribution < -0.4 is 9.46 Å². The van der Waals surface area contributed by atoms with Crippen molar-refractivity contribution in [3.05, 3.63) is 24.3 Å². The first-order valence-electron chi connectivity index (χ1n) is 6.35. The Morgan fingerprint density at radius 1 is 1.21 bits per heavy atom. The average Bonchev–Trinajstić information content (AvgIpc) is 2.33. The molecule has 1 aliphatic heterocycles. The minimum absolute atomic E-state index is 0.255. The number of likely N-dealkylation sites (tertiary alicyclic amines) is 1. The van der Waals surface area contributed by atoms with E-state index < -0.39 is 10.0 Å². The highest BCUT2D eigenvalue weighted by atomic mass is 32.2. The van der Waals surface area contributed by atoms with E-state index in [0.717, 1.165) is 37.9 Å². The Morgan fingerprint density at radius 3 is 2.32 bits per heavy atom. The lowest BCUT2D eigenvalue weighted by atomic mass is 10.1. The van der Waals surface area contributed by atoms with Crippen molar-refractivity contribution < 1.29 is 13.2 Å². The number of nitrogens with one attached hydrogen (secondary N) is 1. The van der Waals surface area contributed by atoms with Crippen LogP contribution in [0.3, 0.4) is 0 Å². The molecule has 5 nitrogen and oxygen atoms in total. The molecule has 1 N–H and O–H groups in total. The van der Waals surface area contributed by atoms with Gasteiger partial charge in [0.25, 0.3) is 0 Å². The molecule has 0 bridgehead atoms. The van der Waals surface area contributed by atoms with E-state index in [9.17, 15) is 8.42 Å².